The highest BCUT2D eigenvalue weighted by Crippen LogP contribution is 2.49. The molecule has 10 rings (SSSR count). The van der Waals surface area contributed by atoms with Crippen molar-refractivity contribution in [3.05, 3.63) is 186 Å². The number of aryl methyl sites for hydroxylation is 10. The largest absolute Gasteiger partial charge is 0.398 e. The Hall–Kier alpha value is -6.92. The predicted molar refractivity (Wildman–Crippen MR) is 305 cm³/mol. The standard InChI is InChI=1S/C66H72N4O2/c1-37-19-17-21-52-54(63(71)69-61-43(7)31-50(32-44(61)8)65(23-13-11-14-24-65)48-27-39(3)59(67)40(4)28-48)35-47-36-55(53-22-18-20-38(2)57(53)58(47)56(37)52)64(72)70-62-45(9)33-51(34-46(62)10)66(25-15-12-16-26-66)49-29-41(5)60(68)42(6)30-49/h17-22,27-36H,11-16,23-26,67-68H2,1-10H3,(H,69,71)(H,70,72). The normalized spacial score (nSPS) is 15.5. The van der Waals surface area contributed by atoms with E-state index in [4.69, 9.17) is 11.5 Å². The average molecular weight is 953 g/mol. The first-order chi connectivity index (χ1) is 34.4. The Morgan fingerprint density at radius 3 is 1.01 bits per heavy atom. The first-order valence-corrected chi connectivity index (χ1v) is 26.4. The molecule has 0 aromatic heterocycles. The fourth-order valence-corrected chi connectivity index (χ4v) is 13.4. The number of hydrogen-bond donors (Lipinski definition) is 4. The second kappa shape index (κ2) is 18.6. The molecule has 0 saturated heterocycles. The molecule has 0 atom stereocenters. The number of fused-ring (bicyclic) bond motifs is 5. The third kappa shape index (κ3) is 8.12. The Labute approximate surface area is 427 Å². The van der Waals surface area contributed by atoms with Crippen molar-refractivity contribution < 1.29 is 9.59 Å². The smallest absolute Gasteiger partial charge is 0.256 e. The summed E-state index contributed by atoms with van der Waals surface area (Å²) < 4.78 is 0. The molecule has 2 aliphatic carbocycles. The Morgan fingerprint density at radius 1 is 0.389 bits per heavy atom. The second-order valence-electron chi connectivity index (χ2n) is 22.2. The van der Waals surface area contributed by atoms with E-state index in [0.717, 1.165) is 136 Å². The lowest BCUT2D eigenvalue weighted by atomic mass is 9.64. The molecule has 2 saturated carbocycles. The van der Waals surface area contributed by atoms with Crippen LogP contribution in [-0.4, -0.2) is 11.8 Å². The van der Waals surface area contributed by atoms with Gasteiger partial charge in [0.25, 0.3) is 11.8 Å². The van der Waals surface area contributed by atoms with E-state index in [1.165, 1.54) is 60.8 Å². The number of nitrogen functional groups attached to an aromatic ring is 2. The molecule has 8 aromatic rings. The van der Waals surface area contributed by atoms with Crippen molar-refractivity contribution in [1.82, 2.24) is 0 Å². The maximum Gasteiger partial charge on any atom is 0.256 e. The quantitative estimate of drug-likeness (QED) is 0.0898. The Bertz CT molecular complexity index is 3230. The van der Waals surface area contributed by atoms with Crippen LogP contribution in [0.5, 0.6) is 0 Å². The van der Waals surface area contributed by atoms with Gasteiger partial charge in [-0.1, -0.05) is 123 Å². The van der Waals surface area contributed by atoms with E-state index in [1.54, 1.807) is 0 Å². The van der Waals surface area contributed by atoms with Crippen LogP contribution in [0.2, 0.25) is 0 Å². The number of rotatable bonds is 8. The van der Waals surface area contributed by atoms with Crippen LogP contribution < -0.4 is 22.1 Å². The third-order valence-electron chi connectivity index (χ3n) is 17.4. The van der Waals surface area contributed by atoms with Crippen molar-refractivity contribution in [2.75, 3.05) is 22.1 Å². The van der Waals surface area contributed by atoms with Gasteiger partial charge in [-0.15, -0.1) is 0 Å². The molecule has 2 amide bonds. The van der Waals surface area contributed by atoms with Gasteiger partial charge in [-0.3, -0.25) is 9.59 Å². The summed E-state index contributed by atoms with van der Waals surface area (Å²) >= 11 is 0. The molecule has 0 heterocycles. The SMILES string of the molecule is Cc1cc(C2(c3cc(C)c(NC(=O)c4cc5cc(C(=O)Nc6c(C)cc(C7(c8cc(C)c(N)c(C)c8)CCCCC7)cc6C)c6cccc(C)c6c5c5c(C)cccc45)c(C)c3)CCCCC2)cc(C)c1N. The minimum absolute atomic E-state index is 0.119. The molecule has 6 nitrogen and oxygen atoms in total. The molecule has 0 bridgehead atoms. The Kier molecular flexibility index (Phi) is 12.6. The van der Waals surface area contributed by atoms with Gasteiger partial charge in [0.05, 0.1) is 0 Å². The third-order valence-corrected chi connectivity index (χ3v) is 17.4. The molecule has 0 radical (unpaired) electrons. The van der Waals surface area contributed by atoms with E-state index in [2.05, 4.69) is 153 Å². The van der Waals surface area contributed by atoms with E-state index in [9.17, 15) is 0 Å². The van der Waals surface area contributed by atoms with Crippen molar-refractivity contribution in [2.24, 2.45) is 0 Å². The van der Waals surface area contributed by atoms with E-state index >= 15 is 9.59 Å². The minimum atomic E-state index is -0.175. The van der Waals surface area contributed by atoms with Gasteiger partial charge in [0.1, 0.15) is 0 Å². The van der Waals surface area contributed by atoms with Crippen LogP contribution in [0, 0.1) is 69.2 Å². The molecular formula is C66H72N4O2. The van der Waals surface area contributed by atoms with Crippen molar-refractivity contribution in [2.45, 2.75) is 144 Å². The molecule has 72 heavy (non-hydrogen) atoms. The molecule has 368 valence electrons. The van der Waals surface area contributed by atoms with Crippen LogP contribution in [0.15, 0.2) is 97.1 Å². The molecular weight excluding hydrogens is 881 g/mol. The van der Waals surface area contributed by atoms with Gasteiger partial charge in [-0.2, -0.15) is 0 Å². The lowest BCUT2D eigenvalue weighted by molar-refractivity contribution is 0.102. The van der Waals surface area contributed by atoms with Gasteiger partial charge in [0, 0.05) is 44.7 Å². The van der Waals surface area contributed by atoms with Crippen molar-refractivity contribution in [1.29, 1.82) is 0 Å². The first-order valence-electron chi connectivity index (χ1n) is 26.4. The summed E-state index contributed by atoms with van der Waals surface area (Å²) in [7, 11) is 0. The maximum atomic E-state index is 15.0. The lowest BCUT2D eigenvalue weighted by Crippen LogP contribution is -2.31. The Balaban J connectivity index is 1.04. The highest BCUT2D eigenvalue weighted by Gasteiger charge is 2.39. The number of nitrogens with one attached hydrogen (secondary N) is 2. The molecule has 0 spiro atoms. The topological polar surface area (TPSA) is 110 Å². The number of anilines is 4. The maximum absolute atomic E-state index is 15.0. The van der Waals surface area contributed by atoms with E-state index in [1.807, 2.05) is 24.3 Å². The van der Waals surface area contributed by atoms with E-state index in [-0.39, 0.29) is 22.6 Å². The van der Waals surface area contributed by atoms with Crippen LogP contribution in [0.1, 0.15) is 163 Å². The fraction of sp³-hybridized carbons (Fsp3) is 0.333. The van der Waals surface area contributed by atoms with Crippen molar-refractivity contribution >= 4 is 66.9 Å². The Morgan fingerprint density at radius 2 is 0.694 bits per heavy atom. The zero-order valence-electron chi connectivity index (χ0n) is 44.3. The molecule has 0 unspecified atom stereocenters. The summed E-state index contributed by atoms with van der Waals surface area (Å²) in [6, 6.07) is 34.9. The van der Waals surface area contributed by atoms with E-state index < -0.39 is 0 Å². The highest BCUT2D eigenvalue weighted by molar-refractivity contribution is 6.30. The van der Waals surface area contributed by atoms with Crippen molar-refractivity contribution in [3.63, 3.8) is 0 Å². The van der Waals surface area contributed by atoms with Crippen LogP contribution in [0.3, 0.4) is 0 Å². The van der Waals surface area contributed by atoms with Gasteiger partial charge in [0.15, 0.2) is 0 Å². The zero-order chi connectivity index (χ0) is 51.0. The van der Waals surface area contributed by atoms with Gasteiger partial charge in [0.2, 0.25) is 0 Å². The number of carbonyl (C=O) groups is 2. The van der Waals surface area contributed by atoms with Gasteiger partial charge >= 0.3 is 0 Å². The monoisotopic (exact) mass is 953 g/mol. The second-order valence-corrected chi connectivity index (χ2v) is 22.2. The minimum Gasteiger partial charge on any atom is -0.398 e. The fourth-order valence-electron chi connectivity index (χ4n) is 13.4. The summed E-state index contributed by atoms with van der Waals surface area (Å²) in [5.74, 6) is -0.350. The summed E-state index contributed by atoms with van der Waals surface area (Å²) in [4.78, 5) is 30.1. The molecule has 6 N–H and O–H groups in total. The van der Waals surface area contributed by atoms with Crippen LogP contribution in [-0.2, 0) is 10.8 Å². The molecule has 8 aromatic carbocycles. The number of nitrogens with two attached hydrogens (primary N) is 2. The van der Waals surface area contributed by atoms with Crippen LogP contribution >= 0.6 is 0 Å². The van der Waals surface area contributed by atoms with Crippen LogP contribution in [0.25, 0.3) is 32.3 Å². The van der Waals surface area contributed by atoms with Gasteiger partial charge in [-0.25, -0.2) is 0 Å². The summed E-state index contributed by atoms with van der Waals surface area (Å²) in [6.07, 6.45) is 11.5. The predicted octanol–water partition coefficient (Wildman–Crippen LogP) is 16.4. The molecule has 0 aliphatic heterocycles. The van der Waals surface area contributed by atoms with E-state index in [0.29, 0.717) is 11.1 Å². The zero-order valence-corrected chi connectivity index (χ0v) is 44.3. The number of benzene rings is 8. The first kappa shape index (κ1) is 48.7. The molecule has 2 aliphatic rings. The molecule has 2 fully saturated rings. The number of carbonyl (C=O) groups excluding carboxylic acids is 2. The van der Waals surface area contributed by atoms with Gasteiger partial charge < -0.3 is 22.1 Å². The average Bonchev–Trinajstić information content (AvgIpc) is 3.36. The number of hydrogen-bond acceptors (Lipinski definition) is 4. The van der Waals surface area contributed by atoms with Crippen molar-refractivity contribution in [3.8, 4) is 0 Å². The molecule has 6 heteroatoms. The summed E-state index contributed by atoms with van der Waals surface area (Å²) in [6.45, 7) is 21.2. The highest BCUT2D eigenvalue weighted by atomic mass is 16.2. The van der Waals surface area contributed by atoms with Crippen LogP contribution in [0.4, 0.5) is 22.7 Å². The summed E-state index contributed by atoms with van der Waals surface area (Å²) in [5.41, 5.74) is 33.3. The number of amides is 2. The lowest BCUT2D eigenvalue weighted by Gasteiger charge is -2.40. The van der Waals surface area contributed by atoms with Gasteiger partial charge in [-0.05, 0) is 217 Å². The summed E-state index contributed by atoms with van der Waals surface area (Å²) in [5, 5.41) is 12.6.